The predicted octanol–water partition coefficient (Wildman–Crippen LogP) is 1.86. The molecular formula is C21H33ClN4O2. The van der Waals surface area contributed by atoms with Crippen molar-refractivity contribution in [3.63, 3.8) is 0 Å². The van der Waals surface area contributed by atoms with Crippen molar-refractivity contribution in [3.05, 3.63) is 34.9 Å². The zero-order valence-electron chi connectivity index (χ0n) is 16.9. The van der Waals surface area contributed by atoms with E-state index in [1.165, 1.54) is 12.8 Å². The summed E-state index contributed by atoms with van der Waals surface area (Å²) in [6.07, 6.45) is 2.42. The molecule has 0 saturated carbocycles. The van der Waals surface area contributed by atoms with E-state index < -0.39 is 0 Å². The molecule has 2 heterocycles. The van der Waals surface area contributed by atoms with Crippen LogP contribution in [0.15, 0.2) is 24.3 Å². The van der Waals surface area contributed by atoms with Crippen molar-refractivity contribution < 1.29 is 9.53 Å². The minimum atomic E-state index is 0.0701. The molecule has 6 nitrogen and oxygen atoms in total. The molecule has 1 amide bonds. The monoisotopic (exact) mass is 408 g/mol. The lowest BCUT2D eigenvalue weighted by atomic mass is 10.1. The molecule has 2 fully saturated rings. The van der Waals surface area contributed by atoms with Gasteiger partial charge in [0.1, 0.15) is 0 Å². The normalized spacial score (nSPS) is 19.8. The Labute approximate surface area is 173 Å². The van der Waals surface area contributed by atoms with Crippen LogP contribution in [-0.4, -0.2) is 93.2 Å². The van der Waals surface area contributed by atoms with Gasteiger partial charge in [0.2, 0.25) is 5.91 Å². The van der Waals surface area contributed by atoms with Gasteiger partial charge >= 0.3 is 0 Å². The van der Waals surface area contributed by atoms with E-state index in [1.807, 2.05) is 25.2 Å². The van der Waals surface area contributed by atoms with Crippen LogP contribution in [0.3, 0.4) is 0 Å². The molecule has 2 saturated heterocycles. The number of rotatable bonds is 9. The molecule has 156 valence electrons. The van der Waals surface area contributed by atoms with E-state index in [9.17, 15) is 4.79 Å². The van der Waals surface area contributed by atoms with Crippen molar-refractivity contribution in [2.24, 2.45) is 0 Å². The third kappa shape index (κ3) is 6.42. The number of carbonyl (C=O) groups is 1. The van der Waals surface area contributed by atoms with E-state index in [1.54, 1.807) is 0 Å². The molecule has 1 aromatic rings. The summed E-state index contributed by atoms with van der Waals surface area (Å²) in [5.74, 6) is 0.0701. The quantitative estimate of drug-likeness (QED) is 0.675. The molecular weight excluding hydrogens is 376 g/mol. The highest BCUT2D eigenvalue weighted by molar-refractivity contribution is 6.31. The average Bonchev–Trinajstić information content (AvgIpc) is 3.23. The number of amides is 1. The minimum Gasteiger partial charge on any atom is -0.379 e. The molecule has 2 aliphatic rings. The number of benzene rings is 1. The summed E-state index contributed by atoms with van der Waals surface area (Å²) in [6.45, 7) is 8.57. The summed E-state index contributed by atoms with van der Waals surface area (Å²) >= 11 is 6.45. The number of ether oxygens (including phenoxy) is 1. The van der Waals surface area contributed by atoms with Gasteiger partial charge in [0.05, 0.1) is 25.8 Å². The van der Waals surface area contributed by atoms with Crippen LogP contribution in [0.2, 0.25) is 5.02 Å². The van der Waals surface area contributed by atoms with E-state index in [4.69, 9.17) is 16.3 Å². The number of nitrogens with one attached hydrogen (secondary N) is 1. The van der Waals surface area contributed by atoms with Crippen LogP contribution in [0.5, 0.6) is 0 Å². The fourth-order valence-corrected chi connectivity index (χ4v) is 4.22. The second-order valence-electron chi connectivity index (χ2n) is 7.78. The Kier molecular flexibility index (Phi) is 8.55. The van der Waals surface area contributed by atoms with Crippen LogP contribution in [0.4, 0.5) is 0 Å². The summed E-state index contributed by atoms with van der Waals surface area (Å²) in [5.41, 5.74) is 1.10. The smallest absolute Gasteiger partial charge is 0.234 e. The number of likely N-dealkylation sites (N-methyl/N-ethyl adjacent to an activating group) is 1. The van der Waals surface area contributed by atoms with E-state index in [0.717, 1.165) is 63.1 Å². The van der Waals surface area contributed by atoms with Gasteiger partial charge < -0.3 is 10.1 Å². The van der Waals surface area contributed by atoms with Gasteiger partial charge in [0.25, 0.3) is 0 Å². The summed E-state index contributed by atoms with van der Waals surface area (Å²) < 4.78 is 5.38. The van der Waals surface area contributed by atoms with Crippen molar-refractivity contribution in [3.8, 4) is 0 Å². The highest BCUT2D eigenvalue weighted by Gasteiger charge is 2.25. The summed E-state index contributed by atoms with van der Waals surface area (Å²) in [4.78, 5) is 19.4. The Morgan fingerprint density at radius 2 is 1.93 bits per heavy atom. The first-order chi connectivity index (χ1) is 13.6. The first-order valence-electron chi connectivity index (χ1n) is 10.4. The number of hydrogen-bond donors (Lipinski definition) is 1. The zero-order chi connectivity index (χ0) is 19.8. The van der Waals surface area contributed by atoms with Crippen molar-refractivity contribution in [1.29, 1.82) is 0 Å². The van der Waals surface area contributed by atoms with Gasteiger partial charge in [0, 0.05) is 37.7 Å². The third-order valence-electron chi connectivity index (χ3n) is 5.65. The van der Waals surface area contributed by atoms with E-state index in [2.05, 4.69) is 26.1 Å². The Hall–Kier alpha value is -1.18. The molecule has 0 aromatic heterocycles. The fraction of sp³-hybridized carbons (Fsp3) is 0.667. The Morgan fingerprint density at radius 1 is 1.21 bits per heavy atom. The van der Waals surface area contributed by atoms with Crippen LogP contribution < -0.4 is 5.32 Å². The van der Waals surface area contributed by atoms with E-state index in [0.29, 0.717) is 13.1 Å². The Balaban J connectivity index is 1.47. The largest absolute Gasteiger partial charge is 0.379 e. The second kappa shape index (κ2) is 11.1. The number of morpholine rings is 1. The molecule has 0 spiro atoms. The standard InChI is InChI=1S/C21H33ClN4O2/c1-24(10-11-25-12-14-28-15-13-25)17-21(27)23-16-20(26-8-4-5-9-26)18-6-2-3-7-19(18)22/h2-3,6-7,20H,4-5,8-17H2,1H3,(H,23,27). The van der Waals surface area contributed by atoms with Crippen LogP contribution in [0.1, 0.15) is 24.4 Å². The maximum atomic E-state index is 12.5. The van der Waals surface area contributed by atoms with E-state index in [-0.39, 0.29) is 11.9 Å². The maximum absolute atomic E-state index is 12.5. The molecule has 1 unspecified atom stereocenters. The topological polar surface area (TPSA) is 48.1 Å². The highest BCUT2D eigenvalue weighted by atomic mass is 35.5. The summed E-state index contributed by atoms with van der Waals surface area (Å²) in [5, 5.41) is 3.91. The molecule has 3 rings (SSSR count). The number of likely N-dealkylation sites (tertiary alicyclic amines) is 1. The predicted molar refractivity (Wildman–Crippen MR) is 113 cm³/mol. The molecule has 0 bridgehead atoms. The first kappa shape index (κ1) is 21.5. The highest BCUT2D eigenvalue weighted by Crippen LogP contribution is 2.29. The number of carbonyl (C=O) groups excluding carboxylic acids is 1. The van der Waals surface area contributed by atoms with Gasteiger partial charge in [-0.2, -0.15) is 0 Å². The molecule has 0 aliphatic carbocycles. The van der Waals surface area contributed by atoms with Gasteiger partial charge in [-0.3, -0.25) is 19.5 Å². The van der Waals surface area contributed by atoms with Crippen molar-refractivity contribution >= 4 is 17.5 Å². The maximum Gasteiger partial charge on any atom is 0.234 e. The zero-order valence-corrected chi connectivity index (χ0v) is 17.7. The minimum absolute atomic E-state index is 0.0701. The summed E-state index contributed by atoms with van der Waals surface area (Å²) in [7, 11) is 2.01. The first-order valence-corrected chi connectivity index (χ1v) is 10.7. The number of halogens is 1. The van der Waals surface area contributed by atoms with E-state index >= 15 is 0 Å². The Bertz CT molecular complexity index is 618. The Morgan fingerprint density at radius 3 is 2.64 bits per heavy atom. The molecule has 1 N–H and O–H groups in total. The number of nitrogens with zero attached hydrogens (tertiary/aromatic N) is 3. The molecule has 2 aliphatic heterocycles. The van der Waals surface area contributed by atoms with Crippen LogP contribution in [0.25, 0.3) is 0 Å². The van der Waals surface area contributed by atoms with Crippen LogP contribution in [0, 0.1) is 0 Å². The van der Waals surface area contributed by atoms with Gasteiger partial charge in [-0.1, -0.05) is 29.8 Å². The number of hydrogen-bond acceptors (Lipinski definition) is 5. The van der Waals surface area contributed by atoms with Crippen molar-refractivity contribution in [1.82, 2.24) is 20.0 Å². The third-order valence-corrected chi connectivity index (χ3v) is 6.00. The molecule has 1 atom stereocenters. The lowest BCUT2D eigenvalue weighted by Gasteiger charge is -2.30. The van der Waals surface area contributed by atoms with Gasteiger partial charge in [-0.25, -0.2) is 0 Å². The van der Waals surface area contributed by atoms with Gasteiger partial charge in [0.15, 0.2) is 0 Å². The van der Waals surface area contributed by atoms with Crippen LogP contribution >= 0.6 is 11.6 Å². The van der Waals surface area contributed by atoms with Gasteiger partial charge in [-0.15, -0.1) is 0 Å². The van der Waals surface area contributed by atoms with Crippen molar-refractivity contribution in [2.75, 3.05) is 72.6 Å². The lowest BCUT2D eigenvalue weighted by molar-refractivity contribution is -0.122. The average molecular weight is 409 g/mol. The SMILES string of the molecule is CN(CCN1CCOCC1)CC(=O)NCC(c1ccccc1Cl)N1CCCC1. The molecule has 1 aromatic carbocycles. The molecule has 28 heavy (non-hydrogen) atoms. The second-order valence-corrected chi connectivity index (χ2v) is 8.18. The molecule has 0 radical (unpaired) electrons. The lowest BCUT2D eigenvalue weighted by Crippen LogP contribution is -2.44. The fourth-order valence-electron chi connectivity index (χ4n) is 3.96. The van der Waals surface area contributed by atoms with Gasteiger partial charge in [-0.05, 0) is 44.6 Å². The molecule has 7 heteroatoms. The van der Waals surface area contributed by atoms with Crippen molar-refractivity contribution in [2.45, 2.75) is 18.9 Å². The van der Waals surface area contributed by atoms with Crippen LogP contribution in [-0.2, 0) is 9.53 Å². The summed E-state index contributed by atoms with van der Waals surface area (Å²) in [6, 6.07) is 8.12.